The molecule has 1 atom stereocenters. The van der Waals surface area contributed by atoms with Gasteiger partial charge in [-0.05, 0) is 12.5 Å². The molecule has 0 aliphatic heterocycles. The average molecular weight is 180 g/mol. The highest BCUT2D eigenvalue weighted by atomic mass is 16.5. The van der Waals surface area contributed by atoms with Crippen LogP contribution in [0.3, 0.4) is 0 Å². The zero-order valence-electron chi connectivity index (χ0n) is 7.65. The lowest BCUT2D eigenvalue weighted by molar-refractivity contribution is -0.148. The summed E-state index contributed by atoms with van der Waals surface area (Å²) in [6, 6.07) is 7.25. The number of aliphatic carboxylic acids is 1. The van der Waals surface area contributed by atoms with Crippen LogP contribution in [0.2, 0.25) is 0 Å². The third kappa shape index (κ3) is 2.29. The maximum Gasteiger partial charge on any atom is 0.337 e. The van der Waals surface area contributed by atoms with E-state index >= 15 is 0 Å². The lowest BCUT2D eigenvalue weighted by Crippen LogP contribution is -2.13. The number of carboxylic acids is 1. The minimum atomic E-state index is -0.966. The SMILES string of the molecule is COC(C(=O)O)c1ccc(C)cc1. The third-order valence-electron chi connectivity index (χ3n) is 1.84. The topological polar surface area (TPSA) is 46.5 Å². The summed E-state index contributed by atoms with van der Waals surface area (Å²) in [7, 11) is 1.39. The Kier molecular flexibility index (Phi) is 3.03. The third-order valence-corrected chi connectivity index (χ3v) is 1.84. The molecule has 0 heterocycles. The van der Waals surface area contributed by atoms with Crippen molar-refractivity contribution in [3.63, 3.8) is 0 Å². The van der Waals surface area contributed by atoms with E-state index in [1.807, 2.05) is 19.1 Å². The lowest BCUT2D eigenvalue weighted by atomic mass is 10.1. The average Bonchev–Trinajstić information content (AvgIpc) is 2.09. The number of aryl methyl sites for hydroxylation is 1. The smallest absolute Gasteiger partial charge is 0.337 e. The van der Waals surface area contributed by atoms with Crippen LogP contribution in [0, 0.1) is 6.92 Å². The van der Waals surface area contributed by atoms with E-state index in [0.717, 1.165) is 5.56 Å². The predicted molar refractivity (Wildman–Crippen MR) is 48.6 cm³/mol. The molecular weight excluding hydrogens is 168 g/mol. The lowest BCUT2D eigenvalue weighted by Gasteiger charge is -2.10. The Morgan fingerprint density at radius 2 is 1.92 bits per heavy atom. The highest BCUT2D eigenvalue weighted by Crippen LogP contribution is 2.16. The van der Waals surface area contributed by atoms with Crippen molar-refractivity contribution >= 4 is 5.97 Å². The van der Waals surface area contributed by atoms with Crippen LogP contribution in [-0.2, 0) is 9.53 Å². The van der Waals surface area contributed by atoms with Crippen molar-refractivity contribution in [2.45, 2.75) is 13.0 Å². The van der Waals surface area contributed by atoms with Crippen molar-refractivity contribution in [3.05, 3.63) is 35.4 Å². The van der Waals surface area contributed by atoms with Gasteiger partial charge in [0.05, 0.1) is 0 Å². The molecule has 3 nitrogen and oxygen atoms in total. The number of benzene rings is 1. The largest absolute Gasteiger partial charge is 0.479 e. The van der Waals surface area contributed by atoms with E-state index < -0.39 is 12.1 Å². The van der Waals surface area contributed by atoms with Crippen LogP contribution < -0.4 is 0 Å². The molecule has 0 aliphatic carbocycles. The van der Waals surface area contributed by atoms with Gasteiger partial charge in [-0.15, -0.1) is 0 Å². The van der Waals surface area contributed by atoms with E-state index in [-0.39, 0.29) is 0 Å². The normalized spacial score (nSPS) is 12.5. The van der Waals surface area contributed by atoms with Gasteiger partial charge in [0.1, 0.15) is 0 Å². The quantitative estimate of drug-likeness (QED) is 0.771. The van der Waals surface area contributed by atoms with Gasteiger partial charge in [-0.25, -0.2) is 4.79 Å². The molecule has 0 aliphatic rings. The fraction of sp³-hybridized carbons (Fsp3) is 0.300. The van der Waals surface area contributed by atoms with E-state index in [1.54, 1.807) is 12.1 Å². The molecule has 0 bridgehead atoms. The fourth-order valence-corrected chi connectivity index (χ4v) is 1.12. The summed E-state index contributed by atoms with van der Waals surface area (Å²) in [5, 5.41) is 8.77. The highest BCUT2D eigenvalue weighted by molar-refractivity contribution is 5.74. The minimum Gasteiger partial charge on any atom is -0.479 e. The number of ether oxygens (including phenoxy) is 1. The van der Waals surface area contributed by atoms with Crippen molar-refractivity contribution in [2.75, 3.05) is 7.11 Å². The molecule has 0 aromatic heterocycles. The number of hydrogen-bond donors (Lipinski definition) is 1. The first-order valence-corrected chi connectivity index (χ1v) is 3.97. The first-order valence-electron chi connectivity index (χ1n) is 3.97. The second-order valence-corrected chi connectivity index (χ2v) is 2.86. The van der Waals surface area contributed by atoms with Crippen LogP contribution in [0.5, 0.6) is 0 Å². The number of methoxy groups -OCH3 is 1. The molecule has 0 fully saturated rings. The first kappa shape index (κ1) is 9.74. The van der Waals surface area contributed by atoms with Crippen molar-refractivity contribution in [1.29, 1.82) is 0 Å². The Balaban J connectivity index is 2.92. The van der Waals surface area contributed by atoms with E-state index in [0.29, 0.717) is 5.56 Å². The molecular formula is C10H12O3. The van der Waals surface area contributed by atoms with Gasteiger partial charge in [-0.2, -0.15) is 0 Å². The number of hydrogen-bond acceptors (Lipinski definition) is 2. The monoisotopic (exact) mass is 180 g/mol. The summed E-state index contributed by atoms with van der Waals surface area (Å²) in [5.74, 6) is -0.966. The second-order valence-electron chi connectivity index (χ2n) is 2.86. The summed E-state index contributed by atoms with van der Waals surface area (Å²) < 4.78 is 4.84. The number of carbonyl (C=O) groups is 1. The maximum atomic E-state index is 10.7. The zero-order chi connectivity index (χ0) is 9.84. The zero-order valence-corrected chi connectivity index (χ0v) is 7.65. The molecule has 0 amide bonds. The van der Waals surface area contributed by atoms with Gasteiger partial charge in [0.25, 0.3) is 0 Å². The van der Waals surface area contributed by atoms with Crippen LogP contribution in [-0.4, -0.2) is 18.2 Å². The van der Waals surface area contributed by atoms with Crippen LogP contribution in [0.15, 0.2) is 24.3 Å². The molecule has 0 saturated heterocycles. The predicted octanol–water partition coefficient (Wildman–Crippen LogP) is 1.77. The van der Waals surface area contributed by atoms with E-state index in [1.165, 1.54) is 7.11 Å². The van der Waals surface area contributed by atoms with Crippen LogP contribution in [0.25, 0.3) is 0 Å². The van der Waals surface area contributed by atoms with E-state index in [2.05, 4.69) is 0 Å². The van der Waals surface area contributed by atoms with E-state index in [9.17, 15) is 4.79 Å². The van der Waals surface area contributed by atoms with E-state index in [4.69, 9.17) is 9.84 Å². The molecule has 1 aromatic carbocycles. The van der Waals surface area contributed by atoms with Crippen LogP contribution in [0.4, 0.5) is 0 Å². The Hall–Kier alpha value is -1.35. The summed E-state index contributed by atoms with van der Waals surface area (Å²) in [5.41, 5.74) is 1.77. The second kappa shape index (κ2) is 4.05. The van der Waals surface area contributed by atoms with Crippen LogP contribution in [0.1, 0.15) is 17.2 Å². The summed E-state index contributed by atoms with van der Waals surface area (Å²) in [6.07, 6.45) is -0.861. The minimum absolute atomic E-state index is 0.667. The van der Waals surface area contributed by atoms with Crippen molar-refractivity contribution < 1.29 is 14.6 Å². The van der Waals surface area contributed by atoms with Gasteiger partial charge in [0.2, 0.25) is 0 Å². The molecule has 70 valence electrons. The van der Waals surface area contributed by atoms with Crippen molar-refractivity contribution in [2.24, 2.45) is 0 Å². The summed E-state index contributed by atoms with van der Waals surface area (Å²) in [4.78, 5) is 10.7. The molecule has 1 unspecified atom stereocenters. The fourth-order valence-electron chi connectivity index (χ4n) is 1.12. The molecule has 3 heteroatoms. The van der Waals surface area contributed by atoms with Gasteiger partial charge in [-0.1, -0.05) is 29.8 Å². The first-order chi connectivity index (χ1) is 6.15. The highest BCUT2D eigenvalue weighted by Gasteiger charge is 2.17. The van der Waals surface area contributed by atoms with Gasteiger partial charge in [0.15, 0.2) is 6.10 Å². The molecule has 1 aromatic rings. The molecule has 0 spiro atoms. The van der Waals surface area contributed by atoms with Crippen molar-refractivity contribution in [3.8, 4) is 0 Å². The van der Waals surface area contributed by atoms with Gasteiger partial charge in [-0.3, -0.25) is 0 Å². The maximum absolute atomic E-state index is 10.7. The molecule has 1 N–H and O–H groups in total. The van der Waals surface area contributed by atoms with Gasteiger partial charge >= 0.3 is 5.97 Å². The Labute approximate surface area is 77.0 Å². The van der Waals surface area contributed by atoms with Gasteiger partial charge < -0.3 is 9.84 Å². The van der Waals surface area contributed by atoms with Gasteiger partial charge in [0, 0.05) is 7.11 Å². The summed E-state index contributed by atoms with van der Waals surface area (Å²) in [6.45, 7) is 1.95. The Morgan fingerprint density at radius 1 is 1.38 bits per heavy atom. The summed E-state index contributed by atoms with van der Waals surface area (Å²) >= 11 is 0. The standard InChI is InChI=1S/C10H12O3/c1-7-3-5-8(6-4-7)9(13-2)10(11)12/h3-6,9H,1-2H3,(H,11,12). The molecule has 0 saturated carbocycles. The number of rotatable bonds is 3. The Morgan fingerprint density at radius 3 is 2.31 bits per heavy atom. The van der Waals surface area contributed by atoms with Crippen LogP contribution >= 0.6 is 0 Å². The van der Waals surface area contributed by atoms with Crippen molar-refractivity contribution in [1.82, 2.24) is 0 Å². The molecule has 13 heavy (non-hydrogen) atoms. The Bertz CT molecular complexity index is 290. The molecule has 0 radical (unpaired) electrons. The number of carboxylic acid groups (broad SMARTS) is 1. The molecule has 1 rings (SSSR count).